The standard InChI is InChI=1S/C12H20BrN3O/c1-17-7-6-16-11(14-15-12(16)9-13)8-10-4-2-3-5-10/h10H,2-9H2,1H3. The molecular formula is C12H20BrN3O. The number of alkyl halides is 1. The molecule has 0 aromatic carbocycles. The quantitative estimate of drug-likeness (QED) is 0.758. The van der Waals surface area contributed by atoms with Gasteiger partial charge in [0, 0.05) is 20.1 Å². The summed E-state index contributed by atoms with van der Waals surface area (Å²) in [5.74, 6) is 2.95. The molecule has 1 aliphatic rings. The fourth-order valence-corrected chi connectivity index (χ4v) is 2.95. The summed E-state index contributed by atoms with van der Waals surface area (Å²) in [6.07, 6.45) is 6.52. The second-order valence-corrected chi connectivity index (χ2v) is 5.23. The highest BCUT2D eigenvalue weighted by atomic mass is 79.9. The zero-order chi connectivity index (χ0) is 12.1. The molecule has 1 aliphatic carbocycles. The van der Waals surface area contributed by atoms with Gasteiger partial charge in [-0.3, -0.25) is 0 Å². The van der Waals surface area contributed by atoms with Gasteiger partial charge in [0.15, 0.2) is 0 Å². The number of nitrogens with zero attached hydrogens (tertiary/aromatic N) is 3. The lowest BCUT2D eigenvalue weighted by atomic mass is 10.0. The first-order valence-electron chi connectivity index (χ1n) is 6.31. The Morgan fingerprint density at radius 2 is 2.00 bits per heavy atom. The maximum Gasteiger partial charge on any atom is 0.143 e. The lowest BCUT2D eigenvalue weighted by Gasteiger charge is -2.11. The molecule has 0 N–H and O–H groups in total. The summed E-state index contributed by atoms with van der Waals surface area (Å²) in [5.41, 5.74) is 0. The van der Waals surface area contributed by atoms with E-state index >= 15 is 0 Å². The number of rotatable bonds is 6. The van der Waals surface area contributed by atoms with E-state index in [2.05, 4.69) is 30.7 Å². The van der Waals surface area contributed by atoms with Crippen LogP contribution < -0.4 is 0 Å². The molecule has 0 aliphatic heterocycles. The molecule has 0 bridgehead atoms. The smallest absolute Gasteiger partial charge is 0.143 e. The second kappa shape index (κ2) is 6.50. The van der Waals surface area contributed by atoms with Crippen LogP contribution in [0.5, 0.6) is 0 Å². The molecule has 0 atom stereocenters. The summed E-state index contributed by atoms with van der Waals surface area (Å²) in [7, 11) is 1.73. The highest BCUT2D eigenvalue weighted by Gasteiger charge is 2.19. The Morgan fingerprint density at radius 3 is 2.65 bits per heavy atom. The highest BCUT2D eigenvalue weighted by molar-refractivity contribution is 9.08. The van der Waals surface area contributed by atoms with Gasteiger partial charge >= 0.3 is 0 Å². The minimum absolute atomic E-state index is 0.718. The van der Waals surface area contributed by atoms with E-state index in [1.165, 1.54) is 25.7 Å². The van der Waals surface area contributed by atoms with E-state index in [4.69, 9.17) is 4.74 Å². The molecule has 1 saturated carbocycles. The fourth-order valence-electron chi connectivity index (χ4n) is 2.54. The van der Waals surface area contributed by atoms with Gasteiger partial charge < -0.3 is 9.30 Å². The van der Waals surface area contributed by atoms with Crippen LogP contribution >= 0.6 is 15.9 Å². The molecule has 1 heterocycles. The van der Waals surface area contributed by atoms with Crippen LogP contribution in [0.1, 0.15) is 37.3 Å². The molecule has 2 rings (SSSR count). The third-order valence-electron chi connectivity index (χ3n) is 3.49. The van der Waals surface area contributed by atoms with E-state index in [9.17, 15) is 0 Å². The van der Waals surface area contributed by atoms with Crippen LogP contribution in [0.4, 0.5) is 0 Å². The maximum atomic E-state index is 5.15. The van der Waals surface area contributed by atoms with Crippen LogP contribution in [0.3, 0.4) is 0 Å². The molecule has 1 aromatic heterocycles. The van der Waals surface area contributed by atoms with Crippen molar-refractivity contribution in [3.05, 3.63) is 11.6 Å². The van der Waals surface area contributed by atoms with Crippen molar-refractivity contribution in [2.45, 2.75) is 44.0 Å². The number of methoxy groups -OCH3 is 1. The van der Waals surface area contributed by atoms with E-state index in [0.29, 0.717) is 0 Å². The monoisotopic (exact) mass is 301 g/mol. The van der Waals surface area contributed by atoms with Crippen LogP contribution in [0.2, 0.25) is 0 Å². The molecule has 4 nitrogen and oxygen atoms in total. The summed E-state index contributed by atoms with van der Waals surface area (Å²) >= 11 is 3.46. The zero-order valence-corrected chi connectivity index (χ0v) is 11.9. The van der Waals surface area contributed by atoms with Crippen LogP contribution in [-0.2, 0) is 23.0 Å². The normalized spacial score (nSPS) is 16.8. The predicted molar refractivity (Wildman–Crippen MR) is 70.2 cm³/mol. The number of hydrogen-bond donors (Lipinski definition) is 0. The van der Waals surface area contributed by atoms with Crippen LogP contribution in [0.15, 0.2) is 0 Å². The molecule has 1 fully saturated rings. The number of aromatic nitrogens is 3. The Morgan fingerprint density at radius 1 is 1.29 bits per heavy atom. The molecule has 0 saturated heterocycles. The first-order chi connectivity index (χ1) is 8.35. The van der Waals surface area contributed by atoms with Gasteiger partial charge in [-0.25, -0.2) is 0 Å². The number of halogens is 1. The zero-order valence-electron chi connectivity index (χ0n) is 10.4. The summed E-state index contributed by atoms with van der Waals surface area (Å²) in [6, 6.07) is 0. The molecule has 17 heavy (non-hydrogen) atoms. The summed E-state index contributed by atoms with van der Waals surface area (Å²) in [4.78, 5) is 0. The van der Waals surface area contributed by atoms with Gasteiger partial charge in [0.25, 0.3) is 0 Å². The SMILES string of the molecule is COCCn1c(CBr)nnc1CC1CCCC1. The van der Waals surface area contributed by atoms with Gasteiger partial charge in [0.1, 0.15) is 11.6 Å². The van der Waals surface area contributed by atoms with E-state index in [-0.39, 0.29) is 0 Å². The van der Waals surface area contributed by atoms with Gasteiger partial charge in [-0.1, -0.05) is 41.6 Å². The average molecular weight is 302 g/mol. The molecule has 0 amide bonds. The molecule has 96 valence electrons. The van der Waals surface area contributed by atoms with E-state index in [0.717, 1.165) is 42.5 Å². The van der Waals surface area contributed by atoms with E-state index in [1.807, 2.05) is 0 Å². The minimum atomic E-state index is 0.718. The minimum Gasteiger partial charge on any atom is -0.383 e. The Balaban J connectivity index is 2.05. The van der Waals surface area contributed by atoms with Gasteiger partial charge in [-0.15, -0.1) is 10.2 Å². The molecule has 0 unspecified atom stereocenters. The Kier molecular flexibility index (Phi) is 4.98. The van der Waals surface area contributed by atoms with Crippen molar-refractivity contribution >= 4 is 15.9 Å². The predicted octanol–water partition coefficient (Wildman–Crippen LogP) is 2.55. The Hall–Kier alpha value is -0.420. The first-order valence-corrected chi connectivity index (χ1v) is 7.43. The number of hydrogen-bond acceptors (Lipinski definition) is 3. The molecular weight excluding hydrogens is 282 g/mol. The lowest BCUT2D eigenvalue weighted by Crippen LogP contribution is -2.13. The summed E-state index contributed by atoms with van der Waals surface area (Å²) in [6.45, 7) is 1.57. The molecule has 5 heteroatoms. The average Bonchev–Trinajstić information content (AvgIpc) is 2.97. The highest BCUT2D eigenvalue weighted by Crippen LogP contribution is 2.27. The molecule has 0 spiro atoms. The third-order valence-corrected chi connectivity index (χ3v) is 3.99. The van der Waals surface area contributed by atoms with Gasteiger partial charge in [0.2, 0.25) is 0 Å². The van der Waals surface area contributed by atoms with Crippen molar-refractivity contribution in [2.24, 2.45) is 5.92 Å². The van der Waals surface area contributed by atoms with E-state index in [1.54, 1.807) is 7.11 Å². The van der Waals surface area contributed by atoms with E-state index < -0.39 is 0 Å². The van der Waals surface area contributed by atoms with Gasteiger partial charge in [-0.2, -0.15) is 0 Å². The van der Waals surface area contributed by atoms with Crippen molar-refractivity contribution in [2.75, 3.05) is 13.7 Å². The second-order valence-electron chi connectivity index (χ2n) is 4.67. The van der Waals surface area contributed by atoms with Gasteiger partial charge in [0.05, 0.1) is 11.9 Å². The van der Waals surface area contributed by atoms with Crippen LogP contribution in [0, 0.1) is 5.92 Å². The summed E-state index contributed by atoms with van der Waals surface area (Å²) in [5, 5.41) is 9.33. The van der Waals surface area contributed by atoms with Crippen molar-refractivity contribution < 1.29 is 4.74 Å². The van der Waals surface area contributed by atoms with Crippen LogP contribution in [-0.4, -0.2) is 28.5 Å². The largest absolute Gasteiger partial charge is 0.383 e. The lowest BCUT2D eigenvalue weighted by molar-refractivity contribution is 0.185. The number of ether oxygens (including phenoxy) is 1. The van der Waals surface area contributed by atoms with Crippen molar-refractivity contribution in [3.8, 4) is 0 Å². The summed E-state index contributed by atoms with van der Waals surface area (Å²) < 4.78 is 7.35. The first kappa shape index (κ1) is 13.0. The maximum absolute atomic E-state index is 5.15. The van der Waals surface area contributed by atoms with Crippen molar-refractivity contribution in [3.63, 3.8) is 0 Å². The third kappa shape index (κ3) is 3.28. The topological polar surface area (TPSA) is 39.9 Å². The fraction of sp³-hybridized carbons (Fsp3) is 0.833. The molecule has 0 radical (unpaired) electrons. The van der Waals surface area contributed by atoms with Crippen molar-refractivity contribution in [1.29, 1.82) is 0 Å². The van der Waals surface area contributed by atoms with Crippen LogP contribution in [0.25, 0.3) is 0 Å². The Labute approximate surface area is 111 Å². The van der Waals surface area contributed by atoms with Crippen molar-refractivity contribution in [1.82, 2.24) is 14.8 Å². The molecule has 1 aromatic rings. The van der Waals surface area contributed by atoms with Gasteiger partial charge in [-0.05, 0) is 5.92 Å². The Bertz CT molecular complexity index is 348.